The van der Waals surface area contributed by atoms with Crippen molar-refractivity contribution in [1.29, 1.82) is 0 Å². The molecule has 0 aliphatic rings. The van der Waals surface area contributed by atoms with Gasteiger partial charge in [0, 0.05) is 22.0 Å². The predicted molar refractivity (Wildman–Crippen MR) is 46.3 cm³/mol. The molecule has 0 bridgehead atoms. The lowest BCUT2D eigenvalue weighted by molar-refractivity contribution is -0.389. The number of nitrogens with zero attached hydrogens (tertiary/aromatic N) is 2. The van der Waals surface area contributed by atoms with Crippen LogP contribution in [0.1, 0.15) is 0 Å². The van der Waals surface area contributed by atoms with Gasteiger partial charge in [-0.25, -0.2) is 0 Å². The lowest BCUT2D eigenvalue weighted by atomic mass is 10.5. The van der Waals surface area contributed by atoms with Crippen molar-refractivity contribution in [3.8, 4) is 0 Å². The van der Waals surface area contributed by atoms with E-state index in [0.717, 1.165) is 0 Å². The third-order valence-corrected chi connectivity index (χ3v) is 2.75. The Morgan fingerprint density at radius 1 is 1.45 bits per heavy atom. The van der Waals surface area contributed by atoms with E-state index in [0.29, 0.717) is 9.08 Å². The minimum Gasteiger partial charge on any atom is -0.358 e. The van der Waals surface area contributed by atoms with Crippen LogP contribution in [0.15, 0.2) is 21.2 Å². The van der Waals surface area contributed by atoms with Crippen LogP contribution in [0, 0.1) is 10.1 Å². The van der Waals surface area contributed by atoms with Crippen LogP contribution in [-0.4, -0.2) is 9.91 Å². The van der Waals surface area contributed by atoms with Crippen molar-refractivity contribution in [2.75, 3.05) is 0 Å². The number of pyridine rings is 1. The molecule has 0 amide bonds. The SMILES string of the molecule is O=[N+]([O-])c1ccc(Br)c(Br)n1. The van der Waals surface area contributed by atoms with Crippen LogP contribution in [-0.2, 0) is 0 Å². The molecule has 1 aromatic heterocycles. The van der Waals surface area contributed by atoms with Crippen LogP contribution >= 0.6 is 31.9 Å². The summed E-state index contributed by atoms with van der Waals surface area (Å²) in [7, 11) is 0. The molecule has 4 nitrogen and oxygen atoms in total. The van der Waals surface area contributed by atoms with Crippen LogP contribution in [0.2, 0.25) is 0 Å². The summed E-state index contributed by atoms with van der Waals surface area (Å²) in [5.74, 6) is -0.167. The molecule has 0 aromatic carbocycles. The number of nitro groups is 1. The average Bonchev–Trinajstić information content (AvgIpc) is 1.94. The van der Waals surface area contributed by atoms with Gasteiger partial charge in [0.2, 0.25) is 4.60 Å². The van der Waals surface area contributed by atoms with Gasteiger partial charge in [0.15, 0.2) is 0 Å². The summed E-state index contributed by atoms with van der Waals surface area (Å²) in [5, 5.41) is 10.2. The Balaban J connectivity index is 3.15. The summed E-state index contributed by atoms with van der Waals surface area (Å²) < 4.78 is 1.13. The zero-order chi connectivity index (χ0) is 8.43. The minimum atomic E-state index is -0.544. The topological polar surface area (TPSA) is 56.0 Å². The molecule has 0 saturated heterocycles. The predicted octanol–water partition coefficient (Wildman–Crippen LogP) is 2.51. The van der Waals surface area contributed by atoms with Crippen molar-refractivity contribution in [3.63, 3.8) is 0 Å². The maximum absolute atomic E-state index is 10.2. The highest BCUT2D eigenvalue weighted by Crippen LogP contribution is 2.22. The summed E-state index contributed by atoms with van der Waals surface area (Å²) in [5.41, 5.74) is 0. The van der Waals surface area contributed by atoms with E-state index in [4.69, 9.17) is 0 Å². The second-order valence-corrected chi connectivity index (χ2v) is 3.30. The molecule has 0 atom stereocenters. The van der Waals surface area contributed by atoms with E-state index >= 15 is 0 Å². The number of hydrogen-bond acceptors (Lipinski definition) is 3. The van der Waals surface area contributed by atoms with Crippen molar-refractivity contribution in [2.24, 2.45) is 0 Å². The fraction of sp³-hybridized carbons (Fsp3) is 0. The minimum absolute atomic E-state index is 0.167. The fourth-order valence-corrected chi connectivity index (χ4v) is 1.04. The van der Waals surface area contributed by atoms with Gasteiger partial charge in [0.05, 0.1) is 4.47 Å². The average molecular weight is 282 g/mol. The van der Waals surface area contributed by atoms with Crippen LogP contribution in [0.4, 0.5) is 5.82 Å². The molecule has 0 saturated carbocycles. The molecule has 6 heteroatoms. The molecular weight excluding hydrogens is 280 g/mol. The Labute approximate surface area is 79.0 Å². The lowest BCUT2D eigenvalue weighted by Gasteiger charge is -1.91. The Morgan fingerprint density at radius 3 is 2.55 bits per heavy atom. The van der Waals surface area contributed by atoms with E-state index in [-0.39, 0.29) is 5.82 Å². The number of aromatic nitrogens is 1. The van der Waals surface area contributed by atoms with Gasteiger partial charge in [-0.2, -0.15) is 0 Å². The highest BCUT2D eigenvalue weighted by Gasteiger charge is 2.10. The highest BCUT2D eigenvalue weighted by atomic mass is 79.9. The summed E-state index contributed by atoms with van der Waals surface area (Å²) in [6.07, 6.45) is 0. The molecule has 0 radical (unpaired) electrons. The monoisotopic (exact) mass is 280 g/mol. The lowest BCUT2D eigenvalue weighted by Crippen LogP contribution is -1.91. The van der Waals surface area contributed by atoms with Crippen molar-refractivity contribution >= 4 is 37.7 Å². The first kappa shape index (κ1) is 8.61. The number of hydrogen-bond donors (Lipinski definition) is 0. The first-order chi connectivity index (χ1) is 5.11. The summed E-state index contributed by atoms with van der Waals surface area (Å²) in [6.45, 7) is 0. The summed E-state index contributed by atoms with van der Waals surface area (Å²) in [6, 6.07) is 2.89. The third kappa shape index (κ3) is 1.97. The molecule has 0 aliphatic carbocycles. The van der Waals surface area contributed by atoms with Gasteiger partial charge in [-0.15, -0.1) is 0 Å². The largest absolute Gasteiger partial charge is 0.364 e. The van der Waals surface area contributed by atoms with Gasteiger partial charge < -0.3 is 10.1 Å². The Hall–Kier alpha value is -0.490. The van der Waals surface area contributed by atoms with Crippen molar-refractivity contribution in [3.05, 3.63) is 31.3 Å². The second-order valence-electron chi connectivity index (χ2n) is 1.70. The summed E-state index contributed by atoms with van der Waals surface area (Å²) in [4.78, 5) is 13.3. The van der Waals surface area contributed by atoms with Gasteiger partial charge in [0.25, 0.3) is 0 Å². The van der Waals surface area contributed by atoms with Crippen molar-refractivity contribution in [2.45, 2.75) is 0 Å². The zero-order valence-corrected chi connectivity index (χ0v) is 8.29. The van der Waals surface area contributed by atoms with Gasteiger partial charge >= 0.3 is 5.82 Å². The van der Waals surface area contributed by atoms with E-state index < -0.39 is 4.92 Å². The molecule has 0 N–H and O–H groups in total. The van der Waals surface area contributed by atoms with E-state index in [1.807, 2.05) is 0 Å². The molecule has 0 unspecified atom stereocenters. The molecular formula is C5H2Br2N2O2. The van der Waals surface area contributed by atoms with Gasteiger partial charge in [-0.3, -0.25) is 0 Å². The molecule has 1 heterocycles. The molecule has 1 aromatic rings. The van der Waals surface area contributed by atoms with Crippen LogP contribution in [0.5, 0.6) is 0 Å². The van der Waals surface area contributed by atoms with Crippen molar-refractivity contribution < 1.29 is 4.92 Å². The Morgan fingerprint density at radius 2 is 2.09 bits per heavy atom. The standard InChI is InChI=1S/C5H2Br2N2O2/c6-3-1-2-4(9(10)11)8-5(3)7/h1-2H. The van der Waals surface area contributed by atoms with Gasteiger partial charge in [-0.1, -0.05) is 0 Å². The molecule has 0 fully saturated rings. The van der Waals surface area contributed by atoms with E-state index in [1.54, 1.807) is 6.07 Å². The number of halogens is 2. The maximum Gasteiger partial charge on any atom is 0.364 e. The van der Waals surface area contributed by atoms with Crippen LogP contribution < -0.4 is 0 Å². The van der Waals surface area contributed by atoms with E-state index in [1.165, 1.54) is 6.07 Å². The van der Waals surface area contributed by atoms with Gasteiger partial charge in [-0.05, 0) is 31.9 Å². The highest BCUT2D eigenvalue weighted by molar-refractivity contribution is 9.13. The molecule has 0 spiro atoms. The second kappa shape index (κ2) is 3.27. The van der Waals surface area contributed by atoms with Gasteiger partial charge in [0.1, 0.15) is 0 Å². The smallest absolute Gasteiger partial charge is 0.358 e. The number of rotatable bonds is 1. The molecule has 0 aliphatic heterocycles. The first-order valence-corrected chi connectivity index (χ1v) is 4.16. The summed E-state index contributed by atoms with van der Waals surface area (Å²) >= 11 is 6.20. The molecule has 58 valence electrons. The van der Waals surface area contributed by atoms with Crippen LogP contribution in [0.3, 0.4) is 0 Å². The quantitative estimate of drug-likeness (QED) is 0.451. The first-order valence-electron chi connectivity index (χ1n) is 2.57. The van der Waals surface area contributed by atoms with Crippen LogP contribution in [0.25, 0.3) is 0 Å². The Kier molecular flexibility index (Phi) is 2.56. The van der Waals surface area contributed by atoms with E-state index in [2.05, 4.69) is 36.8 Å². The molecule has 11 heavy (non-hydrogen) atoms. The maximum atomic E-state index is 10.2. The molecule has 1 rings (SSSR count). The normalized spacial score (nSPS) is 9.64. The zero-order valence-electron chi connectivity index (χ0n) is 5.12. The van der Waals surface area contributed by atoms with E-state index in [9.17, 15) is 10.1 Å². The fourth-order valence-electron chi connectivity index (χ4n) is 0.509. The van der Waals surface area contributed by atoms with Crippen molar-refractivity contribution in [1.82, 2.24) is 4.98 Å². The third-order valence-electron chi connectivity index (χ3n) is 0.976. The Bertz CT molecular complexity index is 303.